The zero-order valence-corrected chi connectivity index (χ0v) is 63.5. The van der Waals surface area contributed by atoms with E-state index >= 15 is 0 Å². The third-order valence-corrected chi connectivity index (χ3v) is 14.5. The first-order valence-electron chi connectivity index (χ1n) is 31.4. The zero-order chi connectivity index (χ0) is 83.1. The number of rotatable bonds is 9. The molecule has 2 aliphatic heterocycles. The molecule has 0 fully saturated rings. The Morgan fingerprint density at radius 1 is 0.550 bits per heavy atom. The van der Waals surface area contributed by atoms with E-state index in [1.165, 1.54) is 113 Å². The molecule has 606 valence electrons. The van der Waals surface area contributed by atoms with Crippen molar-refractivity contribution in [3.8, 4) is 0 Å². The number of pyridine rings is 4. The third-order valence-electron chi connectivity index (χ3n) is 14.3. The molecule has 0 radical (unpaired) electrons. The van der Waals surface area contributed by atoms with Crippen LogP contribution in [-0.4, -0.2) is 97.1 Å². The van der Waals surface area contributed by atoms with Crippen molar-refractivity contribution in [2.45, 2.75) is 101 Å². The van der Waals surface area contributed by atoms with E-state index in [-0.39, 0.29) is 96.7 Å². The van der Waals surface area contributed by atoms with Crippen molar-refractivity contribution in [3.63, 3.8) is 0 Å². The van der Waals surface area contributed by atoms with Gasteiger partial charge in [-0.15, -0.1) is 0 Å². The molecule has 0 atom stereocenters. The monoisotopic (exact) mass is 1670 g/mol. The van der Waals surface area contributed by atoms with E-state index < -0.39 is 87.4 Å². The van der Waals surface area contributed by atoms with Gasteiger partial charge in [0.25, 0.3) is 11.8 Å². The lowest BCUT2D eigenvalue weighted by atomic mass is 10.1. The van der Waals surface area contributed by atoms with Crippen LogP contribution in [0.5, 0.6) is 0 Å². The minimum atomic E-state index is -4.60. The number of ketones is 1. The Labute approximate surface area is 647 Å². The predicted octanol–water partition coefficient (Wildman–Crippen LogP) is 17.3. The number of para-hydroxylation sites is 5. The molecule has 2 aliphatic rings. The van der Waals surface area contributed by atoms with Crippen molar-refractivity contribution in [1.29, 1.82) is 0 Å². The number of esters is 3. The maximum absolute atomic E-state index is 13.3. The SMILES string of the molecule is C.CC1=C(C)C(=O)N(Nc2cc(C(F)(F)F)c3ccccc3n2)C1=O.CC1=C(C)C(=O)OC1=O.CCN(CC)CC.CCOC(=O)CC(C)=O.FC(F)(F)c1cc(Cl)nc2ccccc12.NN.NNc1cc(C(F)(F)F)c2ccccc2n1.Nc1ccccc1.O.O=P(Cl)(Cl)Cl.O=c1cc(C(F)(F)F)c2ccccc2[nH]1. The van der Waals surface area contributed by atoms with Crippen molar-refractivity contribution in [2.24, 2.45) is 17.5 Å². The maximum Gasteiger partial charge on any atom is 0.417 e. The van der Waals surface area contributed by atoms with Crippen LogP contribution in [0.1, 0.15) is 98.4 Å². The number of fused-ring (bicyclic) bond motifs is 4. The van der Waals surface area contributed by atoms with Gasteiger partial charge in [0.15, 0.2) is 0 Å². The number of carbonyl (C=O) groups is 6. The van der Waals surface area contributed by atoms with Gasteiger partial charge in [-0.25, -0.2) is 30.4 Å². The van der Waals surface area contributed by atoms with Gasteiger partial charge in [0, 0.05) is 61.1 Å². The summed E-state index contributed by atoms with van der Waals surface area (Å²) in [5.41, 5.74) is 8.76. The number of nitrogens with two attached hydrogens (primary N) is 4. The summed E-state index contributed by atoms with van der Waals surface area (Å²) in [6.07, 6.45) is -18.0. The number of amides is 2. The van der Waals surface area contributed by atoms with E-state index in [2.05, 4.69) is 111 Å². The van der Waals surface area contributed by atoms with Crippen molar-refractivity contribution in [1.82, 2.24) is 29.8 Å². The summed E-state index contributed by atoms with van der Waals surface area (Å²) in [5.74, 6) is 9.98. The summed E-state index contributed by atoms with van der Waals surface area (Å²) in [4.78, 5) is 93.2. The number of ether oxygens (including phenoxy) is 2. The second-order valence-electron chi connectivity index (χ2n) is 21.7. The molecule has 5 aromatic carbocycles. The number of benzene rings is 5. The Morgan fingerprint density at radius 2 is 0.892 bits per heavy atom. The van der Waals surface area contributed by atoms with Crippen LogP contribution >= 0.6 is 50.5 Å². The highest BCUT2D eigenvalue weighted by molar-refractivity contribution is 8.24. The number of aromatic amines is 1. The summed E-state index contributed by atoms with van der Waals surface area (Å²) in [6, 6.07) is 36.3. The maximum atomic E-state index is 13.3. The molecular weight excluding hydrogens is 1600 g/mol. The van der Waals surface area contributed by atoms with Gasteiger partial charge in [-0.3, -0.25) is 45.6 Å². The number of hydrogen-bond donors (Lipinski definition) is 7. The summed E-state index contributed by atoms with van der Waals surface area (Å²) in [7, 11) is 0. The molecule has 6 heterocycles. The number of aromatic nitrogens is 4. The molecule has 0 saturated carbocycles. The first-order valence-corrected chi connectivity index (χ1v) is 36.2. The number of cyclic esters (lactones) is 2. The number of alkyl halides is 12. The number of nitrogens with zero attached hydrogens (tertiary/aromatic N) is 5. The van der Waals surface area contributed by atoms with Crippen molar-refractivity contribution >= 4 is 147 Å². The van der Waals surface area contributed by atoms with Gasteiger partial charge in [0.1, 0.15) is 29.0 Å². The molecule has 0 unspecified atom stereocenters. The zero-order valence-electron chi connectivity index (χ0n) is 59.6. The first-order chi connectivity index (χ1) is 50.7. The van der Waals surface area contributed by atoms with Gasteiger partial charge in [-0.1, -0.05) is 131 Å². The van der Waals surface area contributed by atoms with Gasteiger partial charge in [-0.2, -0.15) is 57.7 Å². The van der Waals surface area contributed by atoms with Gasteiger partial charge < -0.3 is 36.0 Å². The van der Waals surface area contributed by atoms with Crippen molar-refractivity contribution < 1.29 is 101 Å². The smallest absolute Gasteiger partial charge is 0.417 e. The number of nitrogens with one attached hydrogen (secondary N) is 3. The van der Waals surface area contributed by atoms with Crippen LogP contribution in [-0.2, 0) is 67.5 Å². The largest absolute Gasteiger partial charge is 0.466 e. The molecule has 40 heteroatoms. The molecule has 0 aliphatic carbocycles. The van der Waals surface area contributed by atoms with Gasteiger partial charge in [0.2, 0.25) is 5.56 Å². The van der Waals surface area contributed by atoms with Crippen LogP contribution in [0.25, 0.3) is 43.6 Å². The third kappa shape index (κ3) is 33.7. The number of nitrogen functional groups attached to an aromatic ring is 2. The first kappa shape index (κ1) is 101. The summed E-state index contributed by atoms with van der Waals surface area (Å²) in [6.45, 7) is 19.6. The minimum absolute atomic E-state index is 0. The fraction of sp³-hybridized carbons (Fsp3) is 0.268. The normalized spacial score (nSPS) is 12.3. The highest BCUT2D eigenvalue weighted by Gasteiger charge is 2.38. The number of imide groups is 1. The quantitative estimate of drug-likeness (QED) is 0.00812. The number of halogens is 16. The number of H-pyrrole nitrogens is 1. The van der Waals surface area contributed by atoms with E-state index in [4.69, 9.17) is 23.2 Å². The number of carbonyl (C=O) groups excluding carboxylic acids is 6. The summed E-state index contributed by atoms with van der Waals surface area (Å²) < 4.78 is 172. The van der Waals surface area contributed by atoms with Gasteiger partial charge in [0.05, 0.1) is 45.4 Å². The molecule has 0 bridgehead atoms. The van der Waals surface area contributed by atoms with Crippen molar-refractivity contribution in [2.75, 3.05) is 42.8 Å². The number of anilines is 3. The van der Waals surface area contributed by atoms with E-state index in [0.717, 1.165) is 23.9 Å². The molecule has 11 rings (SSSR count). The highest BCUT2D eigenvalue weighted by atomic mass is 36.0. The average molecular weight is 1680 g/mol. The van der Waals surface area contributed by atoms with Crippen LogP contribution < -0.4 is 39.7 Å². The second-order valence-corrected chi connectivity index (χ2v) is 28.8. The molecule has 4 aromatic heterocycles. The standard InChI is InChI=1S/C16H12F3N3O2.C10H5ClF3N.C10H8F3N3.C10H6F3NO.C6H7N.C6H15N.C6H6O3.C6H10O3.CH4.Cl3OP.H4N2.H2O/c1-8-9(2)15(24)22(14(8)23)21-13-7-11(16(17,18)19)10-5-3-4-6-12(10)20-13;11-9-5-7(10(12,13)14)6-3-1-2-4-8(6)15-9;11-10(12,13)7-5-9(16-14)15-8-4-2-1-3-6(7)8;11-10(12,13)7-5-9(15)14-8-4-2-1-3-6(7)8;7-6-4-2-1-3-5-6;1-4-7(5-2)6-3;1-3-4(2)6(8)9-5(3)7;1-3-9-6(8)4-5(2)7;;1-5(2,3)4;1-2;/h3-7H,1-2H3,(H,20,21);1-5H;1-5H,14H2,(H,15,16);1-5H,(H,14,15);1-5H,7H2;4-6H2,1-3H3;1-2H3;3-4H2,1-2H3;1H4;;1-2H2;1H2. The number of hydrazine groups is 3. The van der Waals surface area contributed by atoms with Gasteiger partial charge >= 0.3 is 47.8 Å². The molecule has 0 spiro atoms. The Morgan fingerprint density at radius 3 is 1.23 bits per heavy atom. The Bertz CT molecular complexity index is 4720. The Hall–Kier alpha value is -9.81. The van der Waals surface area contributed by atoms with E-state index in [0.29, 0.717) is 28.8 Å². The highest BCUT2D eigenvalue weighted by Crippen LogP contribution is 2.61. The lowest BCUT2D eigenvalue weighted by Crippen LogP contribution is -2.37. The van der Waals surface area contributed by atoms with Crippen LogP contribution in [0, 0.1) is 0 Å². The van der Waals surface area contributed by atoms with E-state index in [9.17, 15) is 90.8 Å². The van der Waals surface area contributed by atoms with Crippen LogP contribution in [0.3, 0.4) is 0 Å². The lowest BCUT2D eigenvalue weighted by Gasteiger charge is -2.18. The predicted molar refractivity (Wildman–Crippen MR) is 406 cm³/mol. The molecule has 2 amide bonds. The summed E-state index contributed by atoms with van der Waals surface area (Å²) >= 11 is 19.4. The molecule has 13 N–H and O–H groups in total. The van der Waals surface area contributed by atoms with E-state index in [1.54, 1.807) is 45.0 Å². The Kier molecular flexibility index (Phi) is 42.6. The van der Waals surface area contributed by atoms with Gasteiger partial charge in [-0.05, 0) is 149 Å². The lowest BCUT2D eigenvalue weighted by molar-refractivity contribution is -0.151. The van der Waals surface area contributed by atoms with Crippen molar-refractivity contribution in [3.05, 3.63) is 212 Å². The van der Waals surface area contributed by atoms with Crippen LogP contribution in [0.2, 0.25) is 5.15 Å². The fourth-order valence-corrected chi connectivity index (χ4v) is 9.02. The topological polar surface area (TPSA) is 376 Å². The molecule has 0 saturated heterocycles. The summed E-state index contributed by atoms with van der Waals surface area (Å²) in [5, 5.41) is -2.63. The Balaban J connectivity index is 0.00000126. The second kappa shape index (κ2) is 46.8. The van der Waals surface area contributed by atoms with Crippen LogP contribution in [0.4, 0.5) is 70.0 Å². The fourth-order valence-electron chi connectivity index (χ4n) is 8.82. The minimum Gasteiger partial charge on any atom is -0.466 e. The number of Topliss-reactive ketones (excluding diaryl/α,β-unsaturated/α-hetero) is 1. The number of hydrogen-bond acceptors (Lipinski definition) is 20. The molecular formula is C71H79Cl4F12N12O11P. The van der Waals surface area contributed by atoms with Crippen LogP contribution in [0.15, 0.2) is 179 Å². The van der Waals surface area contributed by atoms with E-state index in [1.807, 2.05) is 30.3 Å². The molecule has 111 heavy (non-hydrogen) atoms. The average Bonchev–Trinajstić information content (AvgIpc) is 1.77. The molecule has 9 aromatic rings. The molecule has 23 nitrogen and oxygen atoms in total.